The summed E-state index contributed by atoms with van der Waals surface area (Å²) in [5.41, 5.74) is 2.74. The Labute approximate surface area is 169 Å². The van der Waals surface area contributed by atoms with Gasteiger partial charge in [-0.3, -0.25) is 9.89 Å². The van der Waals surface area contributed by atoms with Gasteiger partial charge < -0.3 is 15.4 Å². The Morgan fingerprint density at radius 1 is 1.28 bits per heavy atom. The van der Waals surface area contributed by atoms with Gasteiger partial charge in [-0.15, -0.1) is 24.0 Å². The smallest absolute Gasteiger partial charge is 0.191 e. The Morgan fingerprint density at radius 3 is 2.60 bits per heavy atom. The van der Waals surface area contributed by atoms with Crippen molar-refractivity contribution in [2.45, 2.75) is 45.4 Å². The van der Waals surface area contributed by atoms with Crippen LogP contribution in [0.1, 0.15) is 31.9 Å². The number of hydrogen-bond donors (Lipinski definition) is 2. The van der Waals surface area contributed by atoms with Gasteiger partial charge in [0, 0.05) is 46.4 Å². The molecule has 1 unspecified atom stereocenters. The van der Waals surface area contributed by atoms with E-state index in [2.05, 4.69) is 65.6 Å². The van der Waals surface area contributed by atoms with Crippen molar-refractivity contribution >= 4 is 29.9 Å². The maximum absolute atomic E-state index is 5.43. The molecular weight excluding hydrogens is 427 g/mol. The minimum absolute atomic E-state index is 0. The molecule has 2 N–H and O–H groups in total. The van der Waals surface area contributed by atoms with Gasteiger partial charge >= 0.3 is 0 Å². The Bertz CT molecular complexity index is 562. The fourth-order valence-electron chi connectivity index (χ4n) is 2.86. The molecule has 142 valence electrons. The Morgan fingerprint density at radius 2 is 1.96 bits per heavy atom. The first-order valence-electron chi connectivity index (χ1n) is 8.75. The van der Waals surface area contributed by atoms with Crippen LogP contribution in [-0.4, -0.2) is 56.3 Å². The van der Waals surface area contributed by atoms with Crippen LogP contribution in [0.15, 0.2) is 29.3 Å². The SMILES string of the molecule is CN=C(NCC(C)N1CCc2ccccc2C1)NCC(C)(C)OC.I. The lowest BCUT2D eigenvalue weighted by molar-refractivity contribution is 0.0268. The highest BCUT2D eigenvalue weighted by molar-refractivity contribution is 14.0. The van der Waals surface area contributed by atoms with Gasteiger partial charge in [0.25, 0.3) is 0 Å². The molecule has 1 aliphatic heterocycles. The van der Waals surface area contributed by atoms with Gasteiger partial charge in [-0.2, -0.15) is 0 Å². The summed E-state index contributed by atoms with van der Waals surface area (Å²) in [6.45, 7) is 10.1. The second kappa shape index (κ2) is 10.3. The second-order valence-electron chi connectivity index (χ2n) is 7.11. The first-order valence-corrected chi connectivity index (χ1v) is 8.75. The summed E-state index contributed by atoms with van der Waals surface area (Å²) in [5, 5.41) is 6.76. The number of halogens is 1. The lowest BCUT2D eigenvalue weighted by atomic mass is 9.99. The number of methoxy groups -OCH3 is 1. The number of benzene rings is 1. The quantitative estimate of drug-likeness (QED) is 0.390. The predicted octanol–water partition coefficient (Wildman–Crippen LogP) is 2.64. The Balaban J connectivity index is 0.00000312. The number of hydrogen-bond acceptors (Lipinski definition) is 3. The number of fused-ring (bicyclic) bond motifs is 1. The average molecular weight is 460 g/mol. The molecule has 2 rings (SSSR count). The van der Waals surface area contributed by atoms with Crippen LogP contribution in [0, 0.1) is 0 Å². The predicted molar refractivity (Wildman–Crippen MR) is 116 cm³/mol. The molecule has 1 aromatic carbocycles. The summed E-state index contributed by atoms with van der Waals surface area (Å²) >= 11 is 0. The third kappa shape index (κ3) is 6.75. The first kappa shape index (κ1) is 22.2. The maximum atomic E-state index is 5.43. The van der Waals surface area contributed by atoms with Crippen molar-refractivity contribution in [1.29, 1.82) is 0 Å². The average Bonchev–Trinajstić information content (AvgIpc) is 2.61. The molecule has 25 heavy (non-hydrogen) atoms. The third-order valence-electron chi connectivity index (χ3n) is 4.81. The minimum Gasteiger partial charge on any atom is -0.377 e. The number of nitrogens with zero attached hydrogens (tertiary/aromatic N) is 2. The summed E-state index contributed by atoms with van der Waals surface area (Å²) in [7, 11) is 3.53. The number of nitrogens with one attached hydrogen (secondary N) is 2. The largest absolute Gasteiger partial charge is 0.377 e. The number of ether oxygens (including phenoxy) is 1. The Kier molecular flexibility index (Phi) is 9.16. The molecule has 0 spiro atoms. The van der Waals surface area contributed by atoms with Crippen molar-refractivity contribution in [3.63, 3.8) is 0 Å². The van der Waals surface area contributed by atoms with E-state index in [-0.39, 0.29) is 29.6 Å². The molecule has 0 saturated heterocycles. The summed E-state index contributed by atoms with van der Waals surface area (Å²) in [6, 6.07) is 9.21. The molecule has 6 heteroatoms. The van der Waals surface area contributed by atoms with Crippen LogP contribution < -0.4 is 10.6 Å². The van der Waals surface area contributed by atoms with Crippen LogP contribution in [0.25, 0.3) is 0 Å². The number of rotatable bonds is 6. The minimum atomic E-state index is -0.209. The van der Waals surface area contributed by atoms with Crippen molar-refractivity contribution in [3.05, 3.63) is 35.4 Å². The van der Waals surface area contributed by atoms with Crippen molar-refractivity contribution in [2.75, 3.05) is 33.8 Å². The summed E-state index contributed by atoms with van der Waals surface area (Å²) in [5.74, 6) is 0.824. The number of guanidine groups is 1. The molecule has 0 fully saturated rings. The topological polar surface area (TPSA) is 48.9 Å². The molecule has 1 atom stereocenters. The van der Waals surface area contributed by atoms with Crippen LogP contribution in [0.3, 0.4) is 0 Å². The maximum Gasteiger partial charge on any atom is 0.191 e. The van der Waals surface area contributed by atoms with Gasteiger partial charge in [0.05, 0.1) is 5.60 Å². The monoisotopic (exact) mass is 460 g/mol. The Hall–Kier alpha value is -0.860. The summed E-state index contributed by atoms with van der Waals surface area (Å²) in [6.07, 6.45) is 1.13. The molecule has 0 saturated carbocycles. The van der Waals surface area contributed by atoms with Crippen LogP contribution in [0.5, 0.6) is 0 Å². The van der Waals surface area contributed by atoms with E-state index < -0.39 is 0 Å². The normalized spacial score (nSPS) is 16.6. The highest BCUT2D eigenvalue weighted by Gasteiger charge is 2.21. The van der Waals surface area contributed by atoms with E-state index in [1.807, 2.05) is 0 Å². The lowest BCUT2D eigenvalue weighted by Crippen LogP contribution is -2.49. The molecule has 1 heterocycles. The molecule has 0 radical (unpaired) electrons. The van der Waals surface area contributed by atoms with Crippen molar-refractivity contribution in [2.24, 2.45) is 4.99 Å². The summed E-state index contributed by atoms with van der Waals surface area (Å²) < 4.78 is 5.43. The zero-order valence-electron chi connectivity index (χ0n) is 16.1. The van der Waals surface area contributed by atoms with Gasteiger partial charge in [0.1, 0.15) is 0 Å². The fraction of sp³-hybridized carbons (Fsp3) is 0.632. The van der Waals surface area contributed by atoms with E-state index in [1.165, 1.54) is 11.1 Å². The van der Waals surface area contributed by atoms with Gasteiger partial charge in [-0.25, -0.2) is 0 Å². The molecular formula is C19H33IN4O. The molecule has 0 aromatic heterocycles. The van der Waals surface area contributed by atoms with Gasteiger partial charge in [-0.05, 0) is 38.3 Å². The standard InChI is InChI=1S/C19H32N4O.HI/c1-15(12-21-18(20-4)22-14-19(2,3)24-5)23-11-10-16-8-6-7-9-17(16)13-23;/h6-9,15H,10-14H2,1-5H3,(H2,20,21,22);1H. The van der Waals surface area contributed by atoms with E-state index in [0.717, 1.165) is 32.0 Å². The summed E-state index contributed by atoms with van der Waals surface area (Å²) in [4.78, 5) is 6.83. The second-order valence-corrected chi connectivity index (χ2v) is 7.11. The zero-order valence-corrected chi connectivity index (χ0v) is 18.5. The first-order chi connectivity index (χ1) is 11.4. The van der Waals surface area contributed by atoms with E-state index in [4.69, 9.17) is 4.74 Å². The number of aliphatic imine (C=N–C) groups is 1. The van der Waals surface area contributed by atoms with Gasteiger partial charge in [0.2, 0.25) is 0 Å². The zero-order chi connectivity index (χ0) is 17.6. The third-order valence-corrected chi connectivity index (χ3v) is 4.81. The van der Waals surface area contributed by atoms with Gasteiger partial charge in [-0.1, -0.05) is 24.3 Å². The van der Waals surface area contributed by atoms with E-state index >= 15 is 0 Å². The van der Waals surface area contributed by atoms with Crippen LogP contribution in [0.2, 0.25) is 0 Å². The van der Waals surface area contributed by atoms with E-state index in [0.29, 0.717) is 12.6 Å². The molecule has 0 bridgehead atoms. The van der Waals surface area contributed by atoms with Crippen LogP contribution in [-0.2, 0) is 17.7 Å². The van der Waals surface area contributed by atoms with E-state index in [9.17, 15) is 0 Å². The van der Waals surface area contributed by atoms with Crippen molar-refractivity contribution in [3.8, 4) is 0 Å². The fourth-order valence-corrected chi connectivity index (χ4v) is 2.86. The van der Waals surface area contributed by atoms with Gasteiger partial charge in [0.15, 0.2) is 5.96 Å². The molecule has 0 aliphatic carbocycles. The van der Waals surface area contributed by atoms with Crippen LogP contribution in [0.4, 0.5) is 0 Å². The van der Waals surface area contributed by atoms with Crippen molar-refractivity contribution in [1.82, 2.24) is 15.5 Å². The van der Waals surface area contributed by atoms with Crippen LogP contribution >= 0.6 is 24.0 Å². The molecule has 1 aliphatic rings. The highest BCUT2D eigenvalue weighted by atomic mass is 127. The lowest BCUT2D eigenvalue weighted by Gasteiger charge is -2.34. The van der Waals surface area contributed by atoms with E-state index in [1.54, 1.807) is 14.2 Å². The molecule has 0 amide bonds. The van der Waals surface area contributed by atoms with Crippen molar-refractivity contribution < 1.29 is 4.74 Å². The molecule has 1 aromatic rings. The highest BCUT2D eigenvalue weighted by Crippen LogP contribution is 2.19. The molecule has 5 nitrogen and oxygen atoms in total.